The Bertz CT molecular complexity index is 747. The molecule has 0 aromatic heterocycles. The van der Waals surface area contributed by atoms with Crippen molar-refractivity contribution in [3.8, 4) is 0 Å². The highest BCUT2D eigenvalue weighted by Crippen LogP contribution is 2.35. The van der Waals surface area contributed by atoms with Gasteiger partial charge in [0.05, 0.1) is 5.92 Å². The first-order valence-electron chi connectivity index (χ1n) is 8.73. The maximum absolute atomic E-state index is 13.4. The first-order chi connectivity index (χ1) is 12.0. The van der Waals surface area contributed by atoms with Crippen molar-refractivity contribution in [1.82, 2.24) is 10.2 Å². The van der Waals surface area contributed by atoms with Crippen molar-refractivity contribution in [3.63, 3.8) is 0 Å². The van der Waals surface area contributed by atoms with Gasteiger partial charge in [0, 0.05) is 24.7 Å². The van der Waals surface area contributed by atoms with Crippen molar-refractivity contribution in [2.45, 2.75) is 50.1 Å². The van der Waals surface area contributed by atoms with Crippen LogP contribution in [0.3, 0.4) is 0 Å². The molecular formula is C18H20FN3O3. The van der Waals surface area contributed by atoms with Crippen LogP contribution in [0.15, 0.2) is 18.2 Å². The summed E-state index contributed by atoms with van der Waals surface area (Å²) in [6, 6.07) is 3.84. The maximum atomic E-state index is 13.4. The average molecular weight is 345 g/mol. The lowest BCUT2D eigenvalue weighted by atomic mass is 9.89. The molecule has 132 valence electrons. The average Bonchev–Trinajstić information content (AvgIpc) is 3.24. The molecule has 1 aliphatic carbocycles. The summed E-state index contributed by atoms with van der Waals surface area (Å²) in [5, 5.41) is 5.57. The Morgan fingerprint density at radius 3 is 2.80 bits per heavy atom. The fourth-order valence-electron chi connectivity index (χ4n) is 3.69. The normalized spacial score (nSPS) is 25.3. The number of halogens is 1. The zero-order valence-corrected chi connectivity index (χ0v) is 13.8. The molecule has 1 saturated heterocycles. The number of benzene rings is 1. The topological polar surface area (TPSA) is 78.5 Å². The second-order valence-electron chi connectivity index (χ2n) is 7.01. The van der Waals surface area contributed by atoms with E-state index in [-0.39, 0.29) is 30.2 Å². The monoisotopic (exact) mass is 345 g/mol. The van der Waals surface area contributed by atoms with Gasteiger partial charge in [0.2, 0.25) is 17.7 Å². The summed E-state index contributed by atoms with van der Waals surface area (Å²) in [5.74, 6) is -1.77. The third-order valence-electron chi connectivity index (χ3n) is 5.11. The first-order valence-corrected chi connectivity index (χ1v) is 8.73. The smallest absolute Gasteiger partial charge is 0.243 e. The summed E-state index contributed by atoms with van der Waals surface area (Å²) in [4.78, 5) is 39.0. The van der Waals surface area contributed by atoms with Crippen LogP contribution in [0.4, 0.5) is 10.1 Å². The second kappa shape index (κ2) is 6.13. The molecule has 1 aromatic carbocycles. The molecule has 2 N–H and O–H groups in total. The lowest BCUT2D eigenvalue weighted by molar-refractivity contribution is -0.140. The van der Waals surface area contributed by atoms with Gasteiger partial charge in [0.1, 0.15) is 11.9 Å². The molecule has 0 spiro atoms. The Balaban J connectivity index is 1.57. The maximum Gasteiger partial charge on any atom is 0.243 e. The number of likely N-dealkylation sites (tertiary alicyclic amines) is 1. The van der Waals surface area contributed by atoms with Crippen LogP contribution in [0, 0.1) is 5.82 Å². The van der Waals surface area contributed by atoms with Crippen LogP contribution in [-0.2, 0) is 14.4 Å². The summed E-state index contributed by atoms with van der Waals surface area (Å²) >= 11 is 0. The van der Waals surface area contributed by atoms with E-state index in [1.165, 1.54) is 12.1 Å². The zero-order valence-electron chi connectivity index (χ0n) is 13.8. The Hall–Kier alpha value is -2.44. The van der Waals surface area contributed by atoms with Crippen molar-refractivity contribution >= 4 is 23.4 Å². The predicted molar refractivity (Wildman–Crippen MR) is 88.3 cm³/mol. The molecule has 7 heteroatoms. The number of fused-ring (bicyclic) bond motifs is 1. The molecule has 2 atom stereocenters. The largest absolute Gasteiger partial charge is 0.352 e. The molecule has 2 fully saturated rings. The van der Waals surface area contributed by atoms with Gasteiger partial charge in [-0.25, -0.2) is 4.39 Å². The Labute approximate surface area is 144 Å². The summed E-state index contributed by atoms with van der Waals surface area (Å²) < 4.78 is 13.4. The van der Waals surface area contributed by atoms with Crippen LogP contribution in [0.25, 0.3) is 0 Å². The molecule has 25 heavy (non-hydrogen) atoms. The van der Waals surface area contributed by atoms with Gasteiger partial charge in [-0.15, -0.1) is 0 Å². The molecular weight excluding hydrogens is 325 g/mol. The fraction of sp³-hybridized carbons (Fsp3) is 0.500. The Kier molecular flexibility index (Phi) is 3.94. The number of hydrogen-bond donors (Lipinski definition) is 2. The van der Waals surface area contributed by atoms with E-state index in [1.54, 1.807) is 11.0 Å². The summed E-state index contributed by atoms with van der Waals surface area (Å²) in [7, 11) is 0. The highest BCUT2D eigenvalue weighted by atomic mass is 19.1. The van der Waals surface area contributed by atoms with E-state index in [0.29, 0.717) is 24.2 Å². The van der Waals surface area contributed by atoms with Crippen LogP contribution in [0.5, 0.6) is 0 Å². The number of hydrogen-bond acceptors (Lipinski definition) is 3. The summed E-state index contributed by atoms with van der Waals surface area (Å²) in [6.45, 7) is 0.510. The van der Waals surface area contributed by atoms with E-state index < -0.39 is 17.8 Å². The van der Waals surface area contributed by atoms with Crippen molar-refractivity contribution in [2.75, 3.05) is 11.9 Å². The van der Waals surface area contributed by atoms with E-state index in [1.807, 2.05) is 0 Å². The van der Waals surface area contributed by atoms with Crippen LogP contribution in [0.1, 0.15) is 43.6 Å². The minimum absolute atomic E-state index is 0.0188. The number of carbonyl (C=O) groups is 3. The van der Waals surface area contributed by atoms with Crippen LogP contribution >= 0.6 is 0 Å². The summed E-state index contributed by atoms with van der Waals surface area (Å²) in [6.07, 6.45) is 3.41. The summed E-state index contributed by atoms with van der Waals surface area (Å²) in [5.41, 5.74) is 0.951. The third-order valence-corrected chi connectivity index (χ3v) is 5.11. The van der Waals surface area contributed by atoms with Gasteiger partial charge in [-0.05, 0) is 43.4 Å². The van der Waals surface area contributed by atoms with E-state index >= 15 is 0 Å². The van der Waals surface area contributed by atoms with Crippen molar-refractivity contribution < 1.29 is 18.8 Å². The number of nitrogens with one attached hydrogen (secondary N) is 2. The first kappa shape index (κ1) is 16.1. The molecule has 4 rings (SSSR count). The van der Waals surface area contributed by atoms with E-state index in [4.69, 9.17) is 0 Å². The van der Waals surface area contributed by atoms with Gasteiger partial charge in [0.25, 0.3) is 0 Å². The molecule has 2 unspecified atom stereocenters. The zero-order chi connectivity index (χ0) is 17.6. The Morgan fingerprint density at radius 1 is 1.24 bits per heavy atom. The molecule has 6 nitrogen and oxygen atoms in total. The van der Waals surface area contributed by atoms with Gasteiger partial charge in [-0.1, -0.05) is 6.07 Å². The third kappa shape index (κ3) is 3.10. The van der Waals surface area contributed by atoms with Gasteiger partial charge in [-0.2, -0.15) is 0 Å². The predicted octanol–water partition coefficient (Wildman–Crippen LogP) is 1.52. The van der Waals surface area contributed by atoms with E-state index in [2.05, 4.69) is 10.6 Å². The van der Waals surface area contributed by atoms with Gasteiger partial charge in [0.15, 0.2) is 0 Å². The lowest BCUT2D eigenvalue weighted by Crippen LogP contribution is -2.48. The van der Waals surface area contributed by atoms with Crippen LogP contribution < -0.4 is 10.6 Å². The van der Waals surface area contributed by atoms with Crippen molar-refractivity contribution in [1.29, 1.82) is 0 Å². The highest BCUT2D eigenvalue weighted by Gasteiger charge is 2.41. The number of anilines is 1. The molecule has 3 amide bonds. The number of carbonyl (C=O) groups excluding carboxylic acids is 3. The SMILES string of the molecule is O=C1CC(C(=O)N2CCCC2C(=O)NC2CC2)c2ccc(F)cc2N1. The van der Waals surface area contributed by atoms with Crippen LogP contribution in [0.2, 0.25) is 0 Å². The number of nitrogens with zero attached hydrogens (tertiary/aromatic N) is 1. The second-order valence-corrected chi connectivity index (χ2v) is 7.01. The Morgan fingerprint density at radius 2 is 2.04 bits per heavy atom. The molecule has 0 bridgehead atoms. The fourth-order valence-corrected chi connectivity index (χ4v) is 3.69. The van der Waals surface area contributed by atoms with Crippen molar-refractivity contribution in [3.05, 3.63) is 29.6 Å². The standard InChI is InChI=1S/C18H20FN3O3/c19-10-3-6-12-13(9-16(23)21-14(12)8-10)18(25)22-7-1-2-15(22)17(24)20-11-4-5-11/h3,6,8,11,13,15H,1-2,4-5,7,9H2,(H,20,24)(H,21,23). The number of amides is 3. The number of rotatable bonds is 3. The quantitative estimate of drug-likeness (QED) is 0.872. The molecule has 0 radical (unpaired) electrons. The molecule has 2 aliphatic heterocycles. The molecule has 3 aliphatic rings. The highest BCUT2D eigenvalue weighted by molar-refractivity contribution is 6.02. The minimum Gasteiger partial charge on any atom is -0.352 e. The van der Waals surface area contributed by atoms with Crippen molar-refractivity contribution in [2.24, 2.45) is 0 Å². The van der Waals surface area contributed by atoms with E-state index in [9.17, 15) is 18.8 Å². The van der Waals surface area contributed by atoms with Crippen LogP contribution in [-0.4, -0.2) is 41.2 Å². The molecule has 1 saturated carbocycles. The molecule has 2 heterocycles. The lowest BCUT2D eigenvalue weighted by Gasteiger charge is -2.31. The van der Waals surface area contributed by atoms with Gasteiger partial charge >= 0.3 is 0 Å². The molecule has 1 aromatic rings. The van der Waals surface area contributed by atoms with E-state index in [0.717, 1.165) is 19.3 Å². The van der Waals surface area contributed by atoms with Gasteiger partial charge in [-0.3, -0.25) is 14.4 Å². The minimum atomic E-state index is -0.668. The van der Waals surface area contributed by atoms with Gasteiger partial charge < -0.3 is 15.5 Å².